The van der Waals surface area contributed by atoms with Gasteiger partial charge in [-0.15, -0.1) is 0 Å². The molecule has 3 aromatic rings. The number of benzene rings is 1. The van der Waals surface area contributed by atoms with Gasteiger partial charge >= 0.3 is 0 Å². The van der Waals surface area contributed by atoms with Crippen LogP contribution < -0.4 is 9.47 Å². The first-order valence-corrected chi connectivity index (χ1v) is 9.08. The predicted octanol–water partition coefficient (Wildman–Crippen LogP) is 2.38. The van der Waals surface area contributed by atoms with Gasteiger partial charge in [0, 0.05) is 45.0 Å². The van der Waals surface area contributed by atoms with E-state index in [0.717, 1.165) is 56.3 Å². The third kappa shape index (κ3) is 3.02. The summed E-state index contributed by atoms with van der Waals surface area (Å²) < 4.78 is 13.1. The Bertz CT molecular complexity index is 915. The fraction of sp³-hybridized carbons (Fsp3) is 0.350. The summed E-state index contributed by atoms with van der Waals surface area (Å²) in [5, 5.41) is 0. The molecule has 0 amide bonds. The van der Waals surface area contributed by atoms with Crippen molar-refractivity contribution in [2.75, 3.05) is 33.0 Å². The molecule has 134 valence electrons. The number of nitrogens with zero attached hydrogens (tertiary/aromatic N) is 4. The van der Waals surface area contributed by atoms with Gasteiger partial charge in [0.1, 0.15) is 0 Å². The van der Waals surface area contributed by atoms with Gasteiger partial charge in [0.05, 0.1) is 18.0 Å². The van der Waals surface area contributed by atoms with Crippen molar-refractivity contribution in [3.8, 4) is 11.5 Å². The van der Waals surface area contributed by atoms with Crippen LogP contribution in [0.15, 0.2) is 48.9 Å². The van der Waals surface area contributed by atoms with Crippen LogP contribution in [0.25, 0.3) is 5.52 Å². The molecule has 6 nitrogen and oxygen atoms in total. The van der Waals surface area contributed by atoms with E-state index in [0.29, 0.717) is 6.79 Å². The van der Waals surface area contributed by atoms with Crippen molar-refractivity contribution in [1.82, 2.24) is 19.2 Å². The fourth-order valence-corrected chi connectivity index (χ4v) is 3.77. The smallest absolute Gasteiger partial charge is 0.231 e. The average molecular weight is 350 g/mol. The summed E-state index contributed by atoms with van der Waals surface area (Å²) in [6.07, 6.45) is 3.81. The number of ether oxygens (including phenoxy) is 2. The third-order valence-electron chi connectivity index (χ3n) is 5.23. The summed E-state index contributed by atoms with van der Waals surface area (Å²) in [6.45, 7) is 6.57. The number of piperazine rings is 1. The lowest BCUT2D eigenvalue weighted by molar-refractivity contribution is 0.120. The van der Waals surface area contributed by atoms with Crippen LogP contribution in [0.2, 0.25) is 0 Å². The summed E-state index contributed by atoms with van der Waals surface area (Å²) in [5.74, 6) is 1.72. The Morgan fingerprint density at radius 1 is 0.885 bits per heavy atom. The zero-order valence-electron chi connectivity index (χ0n) is 14.7. The molecule has 0 bridgehead atoms. The monoisotopic (exact) mass is 350 g/mol. The molecule has 1 aromatic carbocycles. The normalized spacial score (nSPS) is 17.8. The molecule has 1 saturated heterocycles. The van der Waals surface area contributed by atoms with Crippen molar-refractivity contribution in [3.05, 3.63) is 60.2 Å². The molecular formula is C20H22N4O2. The fourth-order valence-electron chi connectivity index (χ4n) is 3.77. The van der Waals surface area contributed by atoms with Gasteiger partial charge in [-0.25, -0.2) is 4.98 Å². The first-order chi connectivity index (χ1) is 12.8. The Morgan fingerprint density at radius 3 is 2.58 bits per heavy atom. The Balaban J connectivity index is 1.19. The van der Waals surface area contributed by atoms with Gasteiger partial charge in [-0.05, 0) is 29.8 Å². The molecule has 0 saturated carbocycles. The molecule has 2 aliphatic heterocycles. The van der Waals surface area contributed by atoms with E-state index in [2.05, 4.69) is 49.5 Å². The second kappa shape index (κ2) is 6.63. The maximum atomic E-state index is 5.48. The van der Waals surface area contributed by atoms with Gasteiger partial charge in [-0.3, -0.25) is 9.80 Å². The summed E-state index contributed by atoms with van der Waals surface area (Å²) in [4.78, 5) is 9.28. The van der Waals surface area contributed by atoms with Crippen LogP contribution >= 0.6 is 0 Å². The lowest BCUT2D eigenvalue weighted by atomic mass is 10.1. The third-order valence-corrected chi connectivity index (χ3v) is 5.23. The van der Waals surface area contributed by atoms with E-state index in [1.807, 2.05) is 18.6 Å². The highest BCUT2D eigenvalue weighted by atomic mass is 16.7. The van der Waals surface area contributed by atoms with Gasteiger partial charge in [-0.1, -0.05) is 12.1 Å². The lowest BCUT2D eigenvalue weighted by Crippen LogP contribution is -2.45. The van der Waals surface area contributed by atoms with Crippen LogP contribution in [0.1, 0.15) is 11.3 Å². The molecule has 4 heterocycles. The SMILES string of the molecule is c1cc(CN2CCN(Cc3ccc4c(c3)OCO4)CC2)n2cncc2c1. The van der Waals surface area contributed by atoms with Crippen molar-refractivity contribution < 1.29 is 9.47 Å². The first kappa shape index (κ1) is 15.7. The molecule has 0 unspecified atom stereocenters. The van der Waals surface area contributed by atoms with E-state index in [-0.39, 0.29) is 0 Å². The van der Waals surface area contributed by atoms with E-state index in [9.17, 15) is 0 Å². The number of fused-ring (bicyclic) bond motifs is 2. The molecule has 1 fully saturated rings. The summed E-state index contributed by atoms with van der Waals surface area (Å²) in [7, 11) is 0. The van der Waals surface area contributed by atoms with Crippen molar-refractivity contribution in [2.45, 2.75) is 13.1 Å². The van der Waals surface area contributed by atoms with Gasteiger partial charge < -0.3 is 13.9 Å². The molecule has 0 aliphatic carbocycles. The highest BCUT2D eigenvalue weighted by molar-refractivity contribution is 5.46. The van der Waals surface area contributed by atoms with Crippen LogP contribution in [0, 0.1) is 0 Å². The van der Waals surface area contributed by atoms with Gasteiger partial charge in [0.2, 0.25) is 6.79 Å². The number of hydrogen-bond acceptors (Lipinski definition) is 5. The number of aromatic nitrogens is 2. The molecule has 0 spiro atoms. The summed E-state index contributed by atoms with van der Waals surface area (Å²) in [6, 6.07) is 12.7. The molecule has 5 rings (SSSR count). The quantitative estimate of drug-likeness (QED) is 0.723. The molecule has 6 heteroatoms. The Hall–Kier alpha value is -2.57. The summed E-state index contributed by atoms with van der Waals surface area (Å²) in [5.41, 5.74) is 3.74. The van der Waals surface area contributed by atoms with Crippen LogP contribution in [-0.2, 0) is 13.1 Å². The summed E-state index contributed by atoms with van der Waals surface area (Å²) >= 11 is 0. The van der Waals surface area contributed by atoms with E-state index < -0.39 is 0 Å². The minimum atomic E-state index is 0.334. The molecule has 0 atom stereocenters. The zero-order valence-corrected chi connectivity index (χ0v) is 14.7. The molecule has 2 aromatic heterocycles. The largest absolute Gasteiger partial charge is 0.454 e. The van der Waals surface area contributed by atoms with Crippen molar-refractivity contribution in [1.29, 1.82) is 0 Å². The van der Waals surface area contributed by atoms with Crippen molar-refractivity contribution in [3.63, 3.8) is 0 Å². The Morgan fingerprint density at radius 2 is 1.69 bits per heavy atom. The van der Waals surface area contributed by atoms with Crippen LogP contribution in [0.5, 0.6) is 11.5 Å². The van der Waals surface area contributed by atoms with Crippen molar-refractivity contribution in [2.24, 2.45) is 0 Å². The molecular weight excluding hydrogens is 328 g/mol. The second-order valence-electron chi connectivity index (χ2n) is 6.95. The van der Waals surface area contributed by atoms with Crippen LogP contribution in [0.4, 0.5) is 0 Å². The molecule has 0 radical (unpaired) electrons. The standard InChI is InChI=1S/C20H22N4O2/c1-2-17-11-21-14-24(17)18(3-1)13-23-8-6-22(7-9-23)12-16-4-5-19-20(10-16)26-15-25-19/h1-5,10-11,14H,6-9,12-13,15H2. The highest BCUT2D eigenvalue weighted by Gasteiger charge is 2.19. The van der Waals surface area contributed by atoms with Gasteiger partial charge in [0.25, 0.3) is 0 Å². The molecule has 2 aliphatic rings. The Labute approximate surface area is 152 Å². The number of hydrogen-bond donors (Lipinski definition) is 0. The minimum absolute atomic E-state index is 0.334. The van der Waals surface area contributed by atoms with E-state index in [1.54, 1.807) is 0 Å². The number of rotatable bonds is 4. The maximum absolute atomic E-state index is 5.48. The molecule has 26 heavy (non-hydrogen) atoms. The van der Waals surface area contributed by atoms with Gasteiger partial charge in [0.15, 0.2) is 11.5 Å². The average Bonchev–Trinajstić information content (AvgIpc) is 3.32. The Kier molecular flexibility index (Phi) is 3.99. The number of imidazole rings is 1. The maximum Gasteiger partial charge on any atom is 0.231 e. The predicted molar refractivity (Wildman–Crippen MR) is 98.3 cm³/mol. The van der Waals surface area contributed by atoms with Gasteiger partial charge in [-0.2, -0.15) is 0 Å². The van der Waals surface area contributed by atoms with E-state index in [1.165, 1.54) is 11.3 Å². The van der Waals surface area contributed by atoms with Crippen LogP contribution in [0.3, 0.4) is 0 Å². The van der Waals surface area contributed by atoms with E-state index >= 15 is 0 Å². The highest BCUT2D eigenvalue weighted by Crippen LogP contribution is 2.32. The molecule has 0 N–H and O–H groups in total. The van der Waals surface area contributed by atoms with Crippen molar-refractivity contribution >= 4 is 5.52 Å². The second-order valence-corrected chi connectivity index (χ2v) is 6.95. The first-order valence-electron chi connectivity index (χ1n) is 9.08. The number of pyridine rings is 1. The van der Waals surface area contributed by atoms with Crippen LogP contribution in [-0.4, -0.2) is 52.2 Å². The topological polar surface area (TPSA) is 42.2 Å². The van der Waals surface area contributed by atoms with E-state index in [4.69, 9.17) is 9.47 Å². The zero-order chi connectivity index (χ0) is 17.3. The minimum Gasteiger partial charge on any atom is -0.454 e. The lowest BCUT2D eigenvalue weighted by Gasteiger charge is -2.34.